The summed E-state index contributed by atoms with van der Waals surface area (Å²) in [4.78, 5) is 0. The van der Waals surface area contributed by atoms with E-state index in [1.807, 2.05) is 0 Å². The Balaban J connectivity index is 1.34. The topological polar surface area (TPSA) is 155 Å². The standard InChI is InChI=1S/C30H48N2O7/c33-21-25-17-23(9-11-27(25)35)29(37)19-31-13-5-1-3-7-15-39-16-8-4-2-6-14-32-20-30(38)24-10-12-28(36)26(18-24)22-34/h9-12,17-18,29-38H,1-8,13-16,19-22H2/t29-,30-/m0/s1. The summed E-state index contributed by atoms with van der Waals surface area (Å²) in [6, 6.07) is 9.59. The second-order valence-corrected chi connectivity index (χ2v) is 9.97. The summed E-state index contributed by atoms with van der Waals surface area (Å²) in [6.07, 6.45) is 7.27. The van der Waals surface area contributed by atoms with Gasteiger partial charge < -0.3 is 46.0 Å². The zero-order chi connectivity index (χ0) is 28.3. The molecule has 39 heavy (non-hydrogen) atoms. The summed E-state index contributed by atoms with van der Waals surface area (Å²) < 4.78 is 5.74. The number of hydrogen-bond donors (Lipinski definition) is 8. The molecule has 0 bridgehead atoms. The predicted octanol–water partition coefficient (Wildman–Crippen LogP) is 3.17. The normalized spacial score (nSPS) is 13.0. The van der Waals surface area contributed by atoms with Crippen molar-refractivity contribution in [1.29, 1.82) is 0 Å². The van der Waals surface area contributed by atoms with Gasteiger partial charge in [-0.15, -0.1) is 0 Å². The molecule has 8 N–H and O–H groups in total. The highest BCUT2D eigenvalue weighted by atomic mass is 16.5. The molecule has 0 aliphatic rings. The lowest BCUT2D eigenvalue weighted by Crippen LogP contribution is -2.22. The first-order valence-corrected chi connectivity index (χ1v) is 14.2. The molecule has 9 heteroatoms. The van der Waals surface area contributed by atoms with Gasteiger partial charge in [-0.3, -0.25) is 0 Å². The number of rotatable bonds is 22. The maximum absolute atomic E-state index is 10.3. The number of aromatic hydroxyl groups is 2. The molecule has 0 radical (unpaired) electrons. The van der Waals surface area contributed by atoms with Gasteiger partial charge >= 0.3 is 0 Å². The molecule has 0 saturated carbocycles. The van der Waals surface area contributed by atoms with Crippen molar-refractivity contribution in [3.8, 4) is 11.5 Å². The Morgan fingerprint density at radius 1 is 0.590 bits per heavy atom. The summed E-state index contributed by atoms with van der Waals surface area (Å²) in [5.74, 6) is 0.0745. The van der Waals surface area contributed by atoms with Gasteiger partial charge in [-0.2, -0.15) is 0 Å². The van der Waals surface area contributed by atoms with Gasteiger partial charge in [0.05, 0.1) is 25.4 Å². The molecule has 2 rings (SSSR count). The molecule has 0 amide bonds. The third-order valence-corrected chi connectivity index (χ3v) is 6.78. The van der Waals surface area contributed by atoms with E-state index in [4.69, 9.17) is 4.74 Å². The molecule has 220 valence electrons. The minimum Gasteiger partial charge on any atom is -0.508 e. The van der Waals surface area contributed by atoms with Crippen LogP contribution in [0.4, 0.5) is 0 Å². The van der Waals surface area contributed by atoms with Gasteiger partial charge in [0.15, 0.2) is 0 Å². The van der Waals surface area contributed by atoms with E-state index in [2.05, 4.69) is 10.6 Å². The fourth-order valence-electron chi connectivity index (χ4n) is 4.31. The van der Waals surface area contributed by atoms with E-state index in [1.165, 1.54) is 12.1 Å². The highest BCUT2D eigenvalue weighted by Gasteiger charge is 2.11. The minimum atomic E-state index is -0.674. The molecular formula is C30H48N2O7. The molecule has 0 saturated heterocycles. The van der Waals surface area contributed by atoms with E-state index < -0.39 is 12.2 Å². The Bertz CT molecular complexity index is 855. The van der Waals surface area contributed by atoms with Crippen LogP contribution in [-0.2, 0) is 18.0 Å². The summed E-state index contributed by atoms with van der Waals surface area (Å²) in [5.41, 5.74) is 2.19. The van der Waals surface area contributed by atoms with E-state index in [0.29, 0.717) is 35.3 Å². The van der Waals surface area contributed by atoms with Crippen molar-refractivity contribution in [2.24, 2.45) is 0 Å². The maximum Gasteiger partial charge on any atom is 0.121 e. The minimum absolute atomic E-state index is 0.0372. The molecule has 2 aromatic carbocycles. The van der Waals surface area contributed by atoms with E-state index >= 15 is 0 Å². The van der Waals surface area contributed by atoms with Gasteiger partial charge in [0.2, 0.25) is 0 Å². The van der Waals surface area contributed by atoms with E-state index in [0.717, 1.165) is 77.7 Å². The van der Waals surface area contributed by atoms with Gasteiger partial charge in [-0.1, -0.05) is 37.8 Å². The Kier molecular flexibility index (Phi) is 16.7. The van der Waals surface area contributed by atoms with Crippen LogP contribution in [-0.4, -0.2) is 70.0 Å². The van der Waals surface area contributed by atoms with Crippen LogP contribution in [0, 0.1) is 0 Å². The number of nitrogens with one attached hydrogen (secondary N) is 2. The van der Waals surface area contributed by atoms with Crippen LogP contribution in [0.1, 0.15) is 85.8 Å². The smallest absolute Gasteiger partial charge is 0.121 e. The molecule has 0 unspecified atom stereocenters. The zero-order valence-electron chi connectivity index (χ0n) is 23.0. The number of unbranched alkanes of at least 4 members (excludes halogenated alkanes) is 6. The lowest BCUT2D eigenvalue weighted by molar-refractivity contribution is 0.125. The van der Waals surface area contributed by atoms with Crippen molar-refractivity contribution in [2.45, 2.75) is 76.8 Å². The Morgan fingerprint density at radius 2 is 1.00 bits per heavy atom. The van der Waals surface area contributed by atoms with Crippen LogP contribution < -0.4 is 10.6 Å². The van der Waals surface area contributed by atoms with Gasteiger partial charge in [0.25, 0.3) is 0 Å². The average molecular weight is 549 g/mol. The van der Waals surface area contributed by atoms with Crippen molar-refractivity contribution in [2.75, 3.05) is 39.4 Å². The van der Waals surface area contributed by atoms with Crippen molar-refractivity contribution in [3.63, 3.8) is 0 Å². The highest BCUT2D eigenvalue weighted by molar-refractivity contribution is 5.37. The first-order chi connectivity index (χ1) is 19.0. The number of phenols is 2. The zero-order valence-corrected chi connectivity index (χ0v) is 23.0. The number of aliphatic hydroxyl groups is 4. The molecule has 9 nitrogen and oxygen atoms in total. The van der Waals surface area contributed by atoms with Crippen LogP contribution in [0.25, 0.3) is 0 Å². The molecular weight excluding hydrogens is 500 g/mol. The molecule has 0 spiro atoms. The van der Waals surface area contributed by atoms with Crippen molar-refractivity contribution in [3.05, 3.63) is 58.7 Å². The quantitative estimate of drug-likeness (QED) is 0.104. The van der Waals surface area contributed by atoms with Crippen molar-refractivity contribution in [1.82, 2.24) is 10.6 Å². The van der Waals surface area contributed by atoms with E-state index in [9.17, 15) is 30.6 Å². The average Bonchev–Trinajstić information content (AvgIpc) is 2.94. The summed E-state index contributed by atoms with van der Waals surface area (Å²) in [6.45, 7) is 3.59. The fourth-order valence-corrected chi connectivity index (χ4v) is 4.31. The second-order valence-electron chi connectivity index (χ2n) is 9.97. The SMILES string of the molecule is OCc1cc([C@@H](O)CNCCCCCCOCCCCCCNC[C@H](O)c2ccc(O)c(CO)c2)ccc1O. The van der Waals surface area contributed by atoms with Crippen LogP contribution in [0.2, 0.25) is 0 Å². The van der Waals surface area contributed by atoms with Crippen LogP contribution in [0.15, 0.2) is 36.4 Å². The number of benzene rings is 2. The van der Waals surface area contributed by atoms with E-state index in [-0.39, 0.29) is 24.7 Å². The third-order valence-electron chi connectivity index (χ3n) is 6.78. The summed E-state index contributed by atoms with van der Waals surface area (Å²) in [5, 5.41) is 64.7. The van der Waals surface area contributed by atoms with Gasteiger partial charge in [-0.05, 0) is 74.2 Å². The predicted molar refractivity (Wildman–Crippen MR) is 151 cm³/mol. The van der Waals surface area contributed by atoms with Gasteiger partial charge in [0.1, 0.15) is 11.5 Å². The number of hydrogen-bond acceptors (Lipinski definition) is 9. The first kappa shape index (κ1) is 33.0. The molecule has 0 aliphatic carbocycles. The van der Waals surface area contributed by atoms with E-state index in [1.54, 1.807) is 24.3 Å². The first-order valence-electron chi connectivity index (χ1n) is 14.2. The van der Waals surface area contributed by atoms with Crippen LogP contribution >= 0.6 is 0 Å². The van der Waals surface area contributed by atoms with Crippen molar-refractivity contribution >= 4 is 0 Å². The second kappa shape index (κ2) is 19.8. The summed E-state index contributed by atoms with van der Waals surface area (Å²) >= 11 is 0. The summed E-state index contributed by atoms with van der Waals surface area (Å²) in [7, 11) is 0. The van der Waals surface area contributed by atoms with Crippen LogP contribution in [0.3, 0.4) is 0 Å². The third kappa shape index (κ3) is 13.1. The Morgan fingerprint density at radius 3 is 1.41 bits per heavy atom. The van der Waals surface area contributed by atoms with Crippen molar-refractivity contribution < 1.29 is 35.4 Å². The highest BCUT2D eigenvalue weighted by Crippen LogP contribution is 2.23. The largest absolute Gasteiger partial charge is 0.508 e. The molecule has 0 fully saturated rings. The lowest BCUT2D eigenvalue weighted by atomic mass is 10.1. The van der Waals surface area contributed by atoms with Crippen LogP contribution in [0.5, 0.6) is 11.5 Å². The molecule has 2 aromatic rings. The lowest BCUT2D eigenvalue weighted by Gasteiger charge is -2.14. The number of aliphatic hydroxyl groups excluding tert-OH is 4. The monoisotopic (exact) mass is 548 g/mol. The Labute approximate surface area is 232 Å². The molecule has 0 aromatic heterocycles. The fraction of sp³-hybridized carbons (Fsp3) is 0.600. The molecule has 0 heterocycles. The molecule has 2 atom stereocenters. The van der Waals surface area contributed by atoms with Gasteiger partial charge in [-0.25, -0.2) is 0 Å². The number of ether oxygens (including phenoxy) is 1. The maximum atomic E-state index is 10.3. The molecule has 0 aliphatic heterocycles. The van der Waals surface area contributed by atoms with Gasteiger partial charge in [0, 0.05) is 37.4 Å². The Hall–Kier alpha value is -2.24.